The van der Waals surface area contributed by atoms with Crippen molar-refractivity contribution in [1.82, 2.24) is 4.57 Å². The van der Waals surface area contributed by atoms with Crippen LogP contribution < -0.4 is 0 Å². The van der Waals surface area contributed by atoms with Gasteiger partial charge in [-0.1, -0.05) is 53.2 Å². The number of halogens is 1. The molecule has 3 rings (SSSR count). The van der Waals surface area contributed by atoms with E-state index in [0.717, 1.165) is 12.2 Å². The highest BCUT2D eigenvalue weighted by molar-refractivity contribution is 14.1. The molecule has 0 saturated carbocycles. The summed E-state index contributed by atoms with van der Waals surface area (Å²) in [5.74, 6) is 0.813. The minimum Gasteiger partial charge on any atom is -0.553 e. The van der Waals surface area contributed by atoms with Gasteiger partial charge < -0.3 is 9.22 Å². The molecule has 0 aliphatic heterocycles. The number of nitrogens with zero attached hydrogens (tertiary/aromatic N) is 1. The Bertz CT molecular complexity index is 881. The van der Waals surface area contributed by atoms with Crippen molar-refractivity contribution in [1.29, 1.82) is 0 Å². The monoisotopic (exact) mass is 449 g/mol. The fourth-order valence-electron chi connectivity index (χ4n) is 3.11. The Morgan fingerprint density at radius 3 is 2.75 bits per heavy atom. The molecule has 124 valence electrons. The molecule has 0 aliphatic carbocycles. The van der Waals surface area contributed by atoms with Gasteiger partial charge in [-0.15, -0.1) is 11.3 Å². The molecule has 0 atom stereocenters. The maximum atomic E-state index is 5.76. The summed E-state index contributed by atoms with van der Waals surface area (Å²) >= 11 is 4.05. The lowest BCUT2D eigenvalue weighted by Gasteiger charge is -2.13. The van der Waals surface area contributed by atoms with Crippen LogP contribution in [0.3, 0.4) is 0 Å². The van der Waals surface area contributed by atoms with Crippen LogP contribution in [0.4, 0.5) is 0 Å². The molecule has 2 nitrogen and oxygen atoms in total. The molecule has 0 N–H and O–H groups in total. The molecule has 0 saturated heterocycles. The zero-order valence-corrected chi connectivity index (χ0v) is 17.3. The van der Waals surface area contributed by atoms with Crippen LogP contribution in [0.25, 0.3) is 10.2 Å². The topological polar surface area (TPSA) is 14.2 Å². The summed E-state index contributed by atoms with van der Waals surface area (Å²) in [6.45, 7) is 11.2. The second-order valence-electron chi connectivity index (χ2n) is 6.09. The van der Waals surface area contributed by atoms with Crippen LogP contribution in [0, 0.1) is 13.8 Å². The average Bonchev–Trinajstić information content (AvgIpc) is 3.07. The number of hydrogen-bond donors (Lipinski definition) is 0. The fourth-order valence-corrected chi connectivity index (χ4v) is 4.45. The van der Waals surface area contributed by atoms with Crippen LogP contribution in [-0.2, 0) is 17.6 Å². The van der Waals surface area contributed by atoms with Gasteiger partial charge in [-0.2, -0.15) is 0 Å². The first-order chi connectivity index (χ1) is 11.5. The van der Waals surface area contributed by atoms with Gasteiger partial charge >= 0.3 is 4.77 Å². The molecule has 3 aromatic rings. The second-order valence-corrected chi connectivity index (χ2v) is 8.74. The minimum atomic E-state index is 0.135. The zero-order valence-electron chi connectivity index (χ0n) is 14.3. The van der Waals surface area contributed by atoms with Gasteiger partial charge in [-0.3, -0.25) is 0 Å². The number of allylic oxidation sites excluding steroid dienone is 1. The molecule has 2 heterocycles. The van der Waals surface area contributed by atoms with E-state index in [1.165, 1.54) is 32.6 Å². The summed E-state index contributed by atoms with van der Waals surface area (Å²) in [6.07, 6.45) is 0.967. The van der Waals surface area contributed by atoms with Gasteiger partial charge in [-0.05, 0) is 48.8 Å². The van der Waals surface area contributed by atoms with Crippen LogP contribution in [0.2, 0.25) is 6.82 Å². The number of aryl methyl sites for hydroxylation is 1. The summed E-state index contributed by atoms with van der Waals surface area (Å²) in [7, 11) is 0. The molecule has 1 aromatic carbocycles. The Labute approximate surface area is 161 Å². The van der Waals surface area contributed by atoms with E-state index in [9.17, 15) is 0 Å². The van der Waals surface area contributed by atoms with Crippen molar-refractivity contribution in [3.63, 3.8) is 0 Å². The van der Waals surface area contributed by atoms with Crippen molar-refractivity contribution < 1.29 is 4.65 Å². The lowest BCUT2D eigenvalue weighted by molar-refractivity contribution is 0.418. The van der Waals surface area contributed by atoms with E-state index in [4.69, 9.17) is 4.65 Å². The normalized spacial score (nSPS) is 11.0. The van der Waals surface area contributed by atoms with Crippen molar-refractivity contribution in [3.8, 4) is 0 Å². The molecule has 24 heavy (non-hydrogen) atoms. The predicted molar refractivity (Wildman–Crippen MR) is 114 cm³/mol. The maximum Gasteiger partial charge on any atom is 0.425 e. The Hall–Kier alpha value is -1.21. The molecule has 0 bridgehead atoms. The number of hydrogen-bond acceptors (Lipinski definition) is 2. The van der Waals surface area contributed by atoms with E-state index in [1.54, 1.807) is 11.3 Å². The molecule has 0 unspecified atom stereocenters. The van der Waals surface area contributed by atoms with Crippen LogP contribution >= 0.6 is 33.7 Å². The first kappa shape index (κ1) is 17.6. The third kappa shape index (κ3) is 3.57. The average molecular weight is 449 g/mol. The molecule has 0 fully saturated rings. The molecular formula is C19H21BINOS. The lowest BCUT2D eigenvalue weighted by atomic mass is 9.99. The summed E-state index contributed by atoms with van der Waals surface area (Å²) in [5.41, 5.74) is 5.46. The minimum absolute atomic E-state index is 0.135. The molecule has 0 aliphatic rings. The Morgan fingerprint density at radius 1 is 1.29 bits per heavy atom. The van der Waals surface area contributed by atoms with Gasteiger partial charge in [0.15, 0.2) is 0 Å². The van der Waals surface area contributed by atoms with Crippen molar-refractivity contribution in [2.24, 2.45) is 0 Å². The largest absolute Gasteiger partial charge is 0.553 e. The maximum absolute atomic E-state index is 5.76. The predicted octanol–water partition coefficient (Wildman–Crippen LogP) is 5.99. The number of thiophene rings is 1. The van der Waals surface area contributed by atoms with E-state index in [1.807, 2.05) is 6.82 Å². The van der Waals surface area contributed by atoms with Crippen molar-refractivity contribution in [3.05, 3.63) is 70.4 Å². The van der Waals surface area contributed by atoms with Gasteiger partial charge in [0.1, 0.15) is 4.83 Å². The van der Waals surface area contributed by atoms with Gasteiger partial charge in [0.25, 0.3) is 0 Å². The highest BCUT2D eigenvalue weighted by Crippen LogP contribution is 2.33. The molecule has 5 heteroatoms. The van der Waals surface area contributed by atoms with E-state index in [-0.39, 0.29) is 4.77 Å². The lowest BCUT2D eigenvalue weighted by Crippen LogP contribution is -2.10. The van der Waals surface area contributed by atoms with Crippen molar-refractivity contribution in [2.45, 2.75) is 33.6 Å². The highest BCUT2D eigenvalue weighted by atomic mass is 127. The Kier molecular flexibility index (Phi) is 5.40. The van der Waals surface area contributed by atoms with E-state index in [0.29, 0.717) is 6.54 Å². The van der Waals surface area contributed by atoms with Gasteiger partial charge in [-0.25, -0.2) is 0 Å². The summed E-state index contributed by atoms with van der Waals surface area (Å²) in [4.78, 5) is 1.31. The van der Waals surface area contributed by atoms with E-state index >= 15 is 0 Å². The highest BCUT2D eigenvalue weighted by Gasteiger charge is 2.17. The zero-order chi connectivity index (χ0) is 17.3. The Morgan fingerprint density at radius 2 is 2.04 bits per heavy atom. The standard InChI is InChI=1S/C19H21BINOS/c1-13-7-5-6-8-16(13)11-18-15(3)22(12-14(2)23-20(4)21)19-17(18)9-10-24-19/h5-10H,2,11-12H2,1,3-4H3. The summed E-state index contributed by atoms with van der Waals surface area (Å²) in [6, 6.07) is 10.9. The summed E-state index contributed by atoms with van der Waals surface area (Å²) in [5, 5.41) is 3.53. The fraction of sp³-hybridized carbons (Fsp3) is 0.263. The molecule has 2 aromatic heterocycles. The Balaban J connectivity index is 1.98. The second kappa shape index (κ2) is 7.36. The van der Waals surface area contributed by atoms with Crippen LogP contribution in [0.5, 0.6) is 0 Å². The smallest absolute Gasteiger partial charge is 0.425 e. The first-order valence-electron chi connectivity index (χ1n) is 8.05. The van der Waals surface area contributed by atoms with Crippen molar-refractivity contribution >= 4 is 48.7 Å². The van der Waals surface area contributed by atoms with Gasteiger partial charge in [0.2, 0.25) is 0 Å². The van der Waals surface area contributed by atoms with E-state index in [2.05, 4.69) is 83.1 Å². The quantitative estimate of drug-likeness (QED) is 0.256. The number of aromatic nitrogens is 1. The van der Waals surface area contributed by atoms with Crippen LogP contribution in [-0.4, -0.2) is 9.34 Å². The third-order valence-corrected chi connectivity index (χ3v) is 5.54. The molecule has 0 amide bonds. The molecule has 0 radical (unpaired) electrons. The first-order valence-corrected chi connectivity index (χ1v) is 10.2. The number of fused-ring (bicyclic) bond motifs is 1. The number of rotatable bonds is 6. The molecular weight excluding hydrogens is 428 g/mol. The van der Waals surface area contributed by atoms with Gasteiger partial charge in [0.05, 0.1) is 12.3 Å². The van der Waals surface area contributed by atoms with E-state index < -0.39 is 0 Å². The number of benzene rings is 1. The van der Waals surface area contributed by atoms with Crippen molar-refractivity contribution in [2.75, 3.05) is 0 Å². The third-order valence-electron chi connectivity index (χ3n) is 4.35. The molecule has 0 spiro atoms. The van der Waals surface area contributed by atoms with Crippen LogP contribution in [0.15, 0.2) is 48.0 Å². The van der Waals surface area contributed by atoms with Crippen LogP contribution in [0.1, 0.15) is 22.4 Å². The SMILES string of the molecule is C=C(Cn1c(C)c(Cc2ccccc2C)c2ccsc21)OB(C)I. The van der Waals surface area contributed by atoms with Gasteiger partial charge in [0, 0.05) is 17.5 Å². The summed E-state index contributed by atoms with van der Waals surface area (Å²) < 4.78 is 8.23.